The van der Waals surface area contributed by atoms with E-state index < -0.39 is 15.8 Å². The molecule has 1 N–H and O–H groups in total. The fourth-order valence-electron chi connectivity index (χ4n) is 3.91. The molecule has 1 amide bonds. The highest BCUT2D eigenvalue weighted by molar-refractivity contribution is 7.90. The molecule has 3 aromatic carbocycles. The first kappa shape index (κ1) is 24.2. The minimum Gasteiger partial charge on any atom is -0.462 e. The SMILES string of the molecule is CCOC(=O)c1ccc(NC(=O)Cn2cc(S(=O)(=O)Cc3ccccc3C)c3ccccc32)cc1. The summed E-state index contributed by atoms with van der Waals surface area (Å²) < 4.78 is 33.3. The van der Waals surface area contributed by atoms with Crippen LogP contribution in [-0.4, -0.2) is 31.5 Å². The summed E-state index contributed by atoms with van der Waals surface area (Å²) in [5.41, 5.74) is 3.22. The molecule has 0 atom stereocenters. The molecule has 0 radical (unpaired) electrons. The van der Waals surface area contributed by atoms with E-state index in [9.17, 15) is 18.0 Å². The molecular weight excluding hydrogens is 464 g/mol. The standard InChI is InChI=1S/C27H26N2O5S/c1-3-34-27(31)20-12-14-22(15-13-20)28-26(30)17-29-16-25(23-10-6-7-11-24(23)29)35(32,33)18-21-9-5-4-8-19(21)2/h4-16H,3,17-18H2,1-2H3,(H,28,30). The van der Waals surface area contributed by atoms with E-state index in [0.29, 0.717) is 22.2 Å². The molecule has 1 heterocycles. The minimum absolute atomic E-state index is 0.0694. The molecule has 1 aromatic heterocycles. The van der Waals surface area contributed by atoms with E-state index >= 15 is 0 Å². The van der Waals surface area contributed by atoms with E-state index in [1.54, 1.807) is 54.0 Å². The van der Waals surface area contributed by atoms with Crippen LogP contribution in [0.2, 0.25) is 0 Å². The van der Waals surface area contributed by atoms with Crippen LogP contribution in [0.3, 0.4) is 0 Å². The zero-order valence-electron chi connectivity index (χ0n) is 19.5. The third-order valence-electron chi connectivity index (χ3n) is 5.69. The van der Waals surface area contributed by atoms with Crippen LogP contribution in [0.15, 0.2) is 83.9 Å². The van der Waals surface area contributed by atoms with E-state index in [0.717, 1.165) is 11.1 Å². The number of aromatic nitrogens is 1. The highest BCUT2D eigenvalue weighted by Gasteiger charge is 2.23. The Kier molecular flexibility index (Phi) is 7.02. The van der Waals surface area contributed by atoms with Gasteiger partial charge in [-0.3, -0.25) is 4.79 Å². The number of anilines is 1. The lowest BCUT2D eigenvalue weighted by molar-refractivity contribution is -0.116. The third kappa shape index (κ3) is 5.44. The van der Waals surface area contributed by atoms with E-state index in [1.165, 1.54) is 6.20 Å². The van der Waals surface area contributed by atoms with Gasteiger partial charge >= 0.3 is 5.97 Å². The number of sulfone groups is 1. The predicted octanol–water partition coefficient (Wildman–Crippen LogP) is 4.74. The zero-order chi connectivity index (χ0) is 25.0. The van der Waals surface area contributed by atoms with Crippen molar-refractivity contribution < 1.29 is 22.7 Å². The van der Waals surface area contributed by atoms with Gasteiger partial charge in [0, 0.05) is 22.8 Å². The molecule has 0 fully saturated rings. The lowest BCUT2D eigenvalue weighted by atomic mass is 10.1. The predicted molar refractivity (Wildman–Crippen MR) is 135 cm³/mol. The Labute approximate surface area is 204 Å². The molecule has 0 saturated heterocycles. The summed E-state index contributed by atoms with van der Waals surface area (Å²) in [6.45, 7) is 3.83. The van der Waals surface area contributed by atoms with Gasteiger partial charge in [0.2, 0.25) is 5.91 Å². The molecule has 4 aromatic rings. The molecule has 0 saturated carbocycles. The van der Waals surface area contributed by atoms with Crippen molar-refractivity contribution in [1.82, 2.24) is 4.57 Å². The number of nitrogens with one attached hydrogen (secondary N) is 1. The van der Waals surface area contributed by atoms with Gasteiger partial charge in [0.15, 0.2) is 9.84 Å². The smallest absolute Gasteiger partial charge is 0.338 e. The summed E-state index contributed by atoms with van der Waals surface area (Å²) >= 11 is 0. The number of carbonyl (C=O) groups excluding carboxylic acids is 2. The van der Waals surface area contributed by atoms with Crippen molar-refractivity contribution in [3.05, 3.63) is 95.7 Å². The normalized spacial score (nSPS) is 11.4. The Morgan fingerprint density at radius 2 is 1.63 bits per heavy atom. The summed E-state index contributed by atoms with van der Waals surface area (Å²) in [6, 6.07) is 20.9. The van der Waals surface area contributed by atoms with E-state index in [4.69, 9.17) is 4.74 Å². The number of carbonyl (C=O) groups is 2. The van der Waals surface area contributed by atoms with Crippen molar-refractivity contribution in [3.63, 3.8) is 0 Å². The number of benzene rings is 3. The lowest BCUT2D eigenvalue weighted by Gasteiger charge is -2.08. The molecule has 0 aliphatic heterocycles. The Morgan fingerprint density at radius 1 is 0.943 bits per heavy atom. The molecule has 0 unspecified atom stereocenters. The van der Waals surface area contributed by atoms with Crippen LogP contribution < -0.4 is 5.32 Å². The number of hydrogen-bond donors (Lipinski definition) is 1. The Morgan fingerprint density at radius 3 is 2.34 bits per heavy atom. The molecule has 0 bridgehead atoms. The van der Waals surface area contributed by atoms with Crippen LogP contribution in [0.4, 0.5) is 5.69 Å². The van der Waals surface area contributed by atoms with Gasteiger partial charge in [-0.25, -0.2) is 13.2 Å². The molecule has 0 aliphatic carbocycles. The maximum absolute atomic E-state index is 13.3. The first-order chi connectivity index (χ1) is 16.8. The minimum atomic E-state index is -3.65. The Bertz CT molecular complexity index is 1490. The molecule has 0 aliphatic rings. The monoisotopic (exact) mass is 490 g/mol. The average Bonchev–Trinajstić information content (AvgIpc) is 3.20. The first-order valence-corrected chi connectivity index (χ1v) is 12.9. The second-order valence-corrected chi connectivity index (χ2v) is 10.1. The van der Waals surface area contributed by atoms with Crippen molar-refractivity contribution >= 4 is 38.3 Å². The van der Waals surface area contributed by atoms with E-state index in [-0.39, 0.29) is 29.7 Å². The number of aryl methyl sites for hydroxylation is 1. The van der Waals surface area contributed by atoms with Crippen molar-refractivity contribution in [2.45, 2.75) is 31.0 Å². The summed E-state index contributed by atoms with van der Waals surface area (Å²) in [5.74, 6) is -0.867. The van der Waals surface area contributed by atoms with Crippen molar-refractivity contribution in [3.8, 4) is 0 Å². The molecule has 7 nitrogen and oxygen atoms in total. The lowest BCUT2D eigenvalue weighted by Crippen LogP contribution is -2.18. The largest absolute Gasteiger partial charge is 0.462 e. The van der Waals surface area contributed by atoms with E-state index in [1.807, 2.05) is 37.3 Å². The molecular formula is C27H26N2O5S. The van der Waals surface area contributed by atoms with Gasteiger partial charge in [0.1, 0.15) is 6.54 Å². The molecule has 8 heteroatoms. The maximum atomic E-state index is 13.3. The van der Waals surface area contributed by atoms with Gasteiger partial charge in [-0.15, -0.1) is 0 Å². The van der Waals surface area contributed by atoms with Gasteiger partial charge in [0.05, 0.1) is 22.8 Å². The molecule has 35 heavy (non-hydrogen) atoms. The fraction of sp³-hybridized carbons (Fsp3) is 0.185. The highest BCUT2D eigenvalue weighted by Crippen LogP contribution is 2.28. The van der Waals surface area contributed by atoms with Crippen LogP contribution in [0.1, 0.15) is 28.4 Å². The number of rotatable bonds is 8. The molecule has 4 rings (SSSR count). The van der Waals surface area contributed by atoms with Crippen LogP contribution in [0.5, 0.6) is 0 Å². The van der Waals surface area contributed by atoms with Gasteiger partial charge in [-0.1, -0.05) is 42.5 Å². The van der Waals surface area contributed by atoms with Crippen LogP contribution in [0, 0.1) is 6.92 Å². The van der Waals surface area contributed by atoms with Gasteiger partial charge in [-0.2, -0.15) is 0 Å². The van der Waals surface area contributed by atoms with Gasteiger partial charge in [-0.05, 0) is 55.3 Å². The summed E-state index contributed by atoms with van der Waals surface area (Å²) in [7, 11) is -3.65. The Hall–Kier alpha value is -3.91. The molecule has 180 valence electrons. The number of para-hydroxylation sites is 1. The quantitative estimate of drug-likeness (QED) is 0.360. The summed E-state index contributed by atoms with van der Waals surface area (Å²) in [4.78, 5) is 24.8. The van der Waals surface area contributed by atoms with Gasteiger partial charge in [0.25, 0.3) is 0 Å². The second kappa shape index (κ2) is 10.1. The number of fused-ring (bicyclic) bond motifs is 1. The van der Waals surface area contributed by atoms with Crippen LogP contribution in [-0.2, 0) is 31.7 Å². The number of esters is 1. The number of nitrogens with zero attached hydrogens (tertiary/aromatic N) is 1. The first-order valence-electron chi connectivity index (χ1n) is 11.2. The van der Waals surface area contributed by atoms with Crippen LogP contribution >= 0.6 is 0 Å². The zero-order valence-corrected chi connectivity index (χ0v) is 20.3. The third-order valence-corrected chi connectivity index (χ3v) is 7.37. The molecule has 0 spiro atoms. The van der Waals surface area contributed by atoms with Crippen molar-refractivity contribution in [1.29, 1.82) is 0 Å². The average molecular weight is 491 g/mol. The van der Waals surface area contributed by atoms with Crippen LogP contribution in [0.25, 0.3) is 10.9 Å². The number of ether oxygens (including phenoxy) is 1. The summed E-state index contributed by atoms with van der Waals surface area (Å²) in [6.07, 6.45) is 1.53. The topological polar surface area (TPSA) is 94.5 Å². The van der Waals surface area contributed by atoms with Gasteiger partial charge < -0.3 is 14.6 Å². The number of hydrogen-bond acceptors (Lipinski definition) is 5. The number of amides is 1. The van der Waals surface area contributed by atoms with Crippen molar-refractivity contribution in [2.75, 3.05) is 11.9 Å². The fourth-order valence-corrected chi connectivity index (χ4v) is 5.59. The van der Waals surface area contributed by atoms with Crippen molar-refractivity contribution in [2.24, 2.45) is 0 Å². The Balaban J connectivity index is 1.56. The maximum Gasteiger partial charge on any atom is 0.338 e. The summed E-state index contributed by atoms with van der Waals surface area (Å²) in [5, 5.41) is 3.36. The van der Waals surface area contributed by atoms with E-state index in [2.05, 4.69) is 5.32 Å². The highest BCUT2D eigenvalue weighted by atomic mass is 32.2. The second-order valence-electron chi connectivity index (χ2n) is 8.17.